The summed E-state index contributed by atoms with van der Waals surface area (Å²) in [6, 6.07) is 8.28. The van der Waals surface area contributed by atoms with E-state index in [0.29, 0.717) is 0 Å². The fourth-order valence-electron chi connectivity index (χ4n) is 0.571. The molecule has 0 aliphatic rings. The summed E-state index contributed by atoms with van der Waals surface area (Å²) in [5.41, 5.74) is 0. The summed E-state index contributed by atoms with van der Waals surface area (Å²) >= 11 is 5.12. The van der Waals surface area contributed by atoms with Crippen LogP contribution in [0.3, 0.4) is 0 Å². The van der Waals surface area contributed by atoms with Gasteiger partial charge in [0.15, 0.2) is 0 Å². The predicted molar refractivity (Wildman–Crippen MR) is 53.9 cm³/mol. The molecule has 0 spiro atoms. The molecule has 0 aliphatic carbocycles. The Morgan fingerprint density at radius 2 is 1.80 bits per heavy atom. The quantitative estimate of drug-likeness (QED) is 0.527. The summed E-state index contributed by atoms with van der Waals surface area (Å²) in [5, 5.41) is 0. The van der Waals surface area contributed by atoms with Crippen LogP contribution in [0.25, 0.3) is 0 Å². The van der Waals surface area contributed by atoms with Gasteiger partial charge < -0.3 is 2.85 Å². The largest absolute Gasteiger partial charge is 2.00 e. The summed E-state index contributed by atoms with van der Waals surface area (Å²) in [6.07, 6.45) is 2.07. The van der Waals surface area contributed by atoms with Crippen LogP contribution in [-0.4, -0.2) is 29.3 Å². The first-order chi connectivity index (χ1) is 4.33. The zero-order chi connectivity index (χ0) is 6.69. The smallest absolute Gasteiger partial charge is 1.00 e. The molecule has 10 heavy (non-hydrogen) atoms. The minimum Gasteiger partial charge on any atom is -1.00 e. The van der Waals surface area contributed by atoms with Crippen LogP contribution in [0.4, 0.5) is 0 Å². The maximum Gasteiger partial charge on any atom is 2.00 e. The minimum absolute atomic E-state index is 0. The van der Waals surface area contributed by atoms with Crippen molar-refractivity contribution in [3.8, 4) is 0 Å². The van der Waals surface area contributed by atoms with Crippen molar-refractivity contribution in [1.29, 1.82) is 0 Å². The Hall–Kier alpha value is 0.816. The Bertz CT molecular complexity index is 193. The first-order valence-electron chi connectivity index (χ1n) is 2.62. The molecule has 52 valence electrons. The van der Waals surface area contributed by atoms with Crippen LogP contribution >= 0.6 is 27.7 Å². The van der Waals surface area contributed by atoms with E-state index in [1.807, 2.05) is 12.1 Å². The van der Waals surface area contributed by atoms with Gasteiger partial charge in [0.1, 0.15) is 0 Å². The summed E-state index contributed by atoms with van der Waals surface area (Å²) < 4.78 is 1.14. The summed E-state index contributed by atoms with van der Waals surface area (Å²) in [6.45, 7) is 0. The Kier molecular flexibility index (Phi) is 5.91. The van der Waals surface area contributed by atoms with Gasteiger partial charge in [-0.2, -0.15) is 0 Å². The molecular weight excluding hydrogens is 220 g/mol. The molecule has 1 aromatic rings. The van der Waals surface area contributed by atoms with Crippen LogP contribution in [-0.2, 0) is 0 Å². The normalized spacial score (nSPS) is 8.60. The molecule has 0 saturated heterocycles. The molecular formula is C7H9BrMgS. The fourth-order valence-corrected chi connectivity index (χ4v) is 1.24. The molecule has 1 rings (SSSR count). The maximum absolute atomic E-state index is 3.37. The molecule has 0 radical (unpaired) electrons. The van der Waals surface area contributed by atoms with Crippen LogP contribution in [0.15, 0.2) is 33.6 Å². The zero-order valence-corrected chi connectivity index (χ0v) is 9.62. The van der Waals surface area contributed by atoms with E-state index in [9.17, 15) is 0 Å². The number of benzene rings is 1. The van der Waals surface area contributed by atoms with Gasteiger partial charge in [0, 0.05) is 9.37 Å². The van der Waals surface area contributed by atoms with Crippen LogP contribution in [0, 0.1) is 0 Å². The van der Waals surface area contributed by atoms with E-state index in [1.165, 1.54) is 4.90 Å². The fraction of sp³-hybridized carbons (Fsp3) is 0.143. The number of hydrogen-bond donors (Lipinski definition) is 0. The third-order valence-corrected chi connectivity index (χ3v) is 2.32. The second kappa shape index (κ2) is 5.46. The Morgan fingerprint density at radius 1 is 1.30 bits per heavy atom. The number of rotatable bonds is 1. The topological polar surface area (TPSA) is 0 Å². The molecule has 0 amide bonds. The van der Waals surface area contributed by atoms with Crippen LogP contribution < -0.4 is 0 Å². The molecule has 1 aromatic carbocycles. The molecule has 0 saturated carbocycles. The first-order valence-corrected chi connectivity index (χ1v) is 4.64. The summed E-state index contributed by atoms with van der Waals surface area (Å²) in [7, 11) is 0. The van der Waals surface area contributed by atoms with Crippen molar-refractivity contribution < 1.29 is 2.85 Å². The first kappa shape index (κ1) is 10.8. The molecule has 3 heteroatoms. The van der Waals surface area contributed by atoms with Crippen molar-refractivity contribution in [3.63, 3.8) is 0 Å². The monoisotopic (exact) mass is 228 g/mol. The third kappa shape index (κ3) is 3.28. The Labute approximate surface area is 93.0 Å². The molecule has 0 fully saturated rings. The van der Waals surface area contributed by atoms with Gasteiger partial charge in [-0.3, -0.25) is 0 Å². The van der Waals surface area contributed by atoms with Crippen molar-refractivity contribution in [3.05, 3.63) is 28.7 Å². The van der Waals surface area contributed by atoms with Gasteiger partial charge in [-0.15, -0.1) is 11.8 Å². The molecule has 0 bridgehead atoms. The van der Waals surface area contributed by atoms with Crippen LogP contribution in [0.5, 0.6) is 0 Å². The van der Waals surface area contributed by atoms with Crippen molar-refractivity contribution in [1.82, 2.24) is 0 Å². The van der Waals surface area contributed by atoms with Gasteiger partial charge in [0.2, 0.25) is 0 Å². The summed E-state index contributed by atoms with van der Waals surface area (Å²) in [4.78, 5) is 1.30. The molecule has 0 heterocycles. The van der Waals surface area contributed by atoms with E-state index in [2.05, 4.69) is 34.3 Å². The van der Waals surface area contributed by atoms with E-state index < -0.39 is 0 Å². The van der Waals surface area contributed by atoms with Gasteiger partial charge in [-0.1, -0.05) is 15.9 Å². The van der Waals surface area contributed by atoms with E-state index >= 15 is 0 Å². The molecule has 0 atom stereocenters. The van der Waals surface area contributed by atoms with Crippen molar-refractivity contribution in [2.45, 2.75) is 4.90 Å². The predicted octanol–water partition coefficient (Wildman–Crippen LogP) is 3.02. The van der Waals surface area contributed by atoms with E-state index in [-0.39, 0.29) is 25.9 Å². The second-order valence-electron chi connectivity index (χ2n) is 1.66. The van der Waals surface area contributed by atoms with Gasteiger partial charge >= 0.3 is 23.1 Å². The van der Waals surface area contributed by atoms with Crippen molar-refractivity contribution >= 4 is 50.7 Å². The maximum atomic E-state index is 3.37. The van der Waals surface area contributed by atoms with Gasteiger partial charge in [-0.25, -0.2) is 0 Å². The SMILES string of the molecule is CSc1ccc(Br)cc1.[H-].[H-].[Mg+2]. The molecule has 0 aliphatic heterocycles. The van der Waals surface area contributed by atoms with E-state index in [0.717, 1.165) is 4.47 Å². The zero-order valence-electron chi connectivity index (χ0n) is 7.80. The van der Waals surface area contributed by atoms with Crippen LogP contribution in [0.2, 0.25) is 0 Å². The molecule has 0 N–H and O–H groups in total. The molecule has 0 nitrogen and oxygen atoms in total. The van der Waals surface area contributed by atoms with Crippen molar-refractivity contribution in [2.24, 2.45) is 0 Å². The summed E-state index contributed by atoms with van der Waals surface area (Å²) in [5.74, 6) is 0. The van der Waals surface area contributed by atoms with Gasteiger partial charge in [-0.05, 0) is 30.5 Å². The minimum atomic E-state index is 0. The number of thioether (sulfide) groups is 1. The van der Waals surface area contributed by atoms with E-state index in [4.69, 9.17) is 0 Å². The third-order valence-electron chi connectivity index (χ3n) is 1.05. The number of halogens is 1. The Morgan fingerprint density at radius 3 is 2.20 bits per heavy atom. The average Bonchev–Trinajstić information content (AvgIpc) is 1.90. The average molecular weight is 229 g/mol. The van der Waals surface area contributed by atoms with E-state index in [1.54, 1.807) is 11.8 Å². The van der Waals surface area contributed by atoms with Crippen LogP contribution in [0.1, 0.15) is 2.85 Å². The van der Waals surface area contributed by atoms with Gasteiger partial charge in [0.25, 0.3) is 0 Å². The number of hydrogen-bond acceptors (Lipinski definition) is 1. The van der Waals surface area contributed by atoms with Gasteiger partial charge in [0.05, 0.1) is 0 Å². The van der Waals surface area contributed by atoms with Crippen molar-refractivity contribution in [2.75, 3.05) is 6.26 Å². The molecule has 0 unspecified atom stereocenters. The molecule has 0 aromatic heterocycles. The standard InChI is InChI=1S/C7H7BrS.Mg.2H/c1-9-7-4-2-6(8)3-5-7;;;/h2-5H,1H3;;;/q;+2;2*-1. The second-order valence-corrected chi connectivity index (χ2v) is 3.45. The Balaban J connectivity index is -0.000000270.